The molecule has 5 heteroatoms. The fourth-order valence-electron chi connectivity index (χ4n) is 4.57. The zero-order valence-electron chi connectivity index (χ0n) is 18.7. The Morgan fingerprint density at radius 3 is 2.61 bits per heavy atom. The van der Waals surface area contributed by atoms with Gasteiger partial charge in [0.25, 0.3) is 0 Å². The molecule has 164 valence electrons. The Labute approximate surface area is 183 Å². The molecule has 0 aliphatic carbocycles. The lowest BCUT2D eigenvalue weighted by Gasteiger charge is -2.30. The van der Waals surface area contributed by atoms with Crippen molar-refractivity contribution in [1.29, 1.82) is 0 Å². The third-order valence-electron chi connectivity index (χ3n) is 6.09. The molecule has 0 radical (unpaired) electrons. The summed E-state index contributed by atoms with van der Waals surface area (Å²) in [4.78, 5) is 11.9. The van der Waals surface area contributed by atoms with Crippen LogP contribution in [0.2, 0.25) is 0 Å². The van der Waals surface area contributed by atoms with E-state index < -0.39 is 18.2 Å². The van der Waals surface area contributed by atoms with E-state index >= 15 is 0 Å². The fraction of sp³-hybridized carbons (Fsp3) is 0.423. The number of fused-ring (bicyclic) bond motifs is 1. The Kier molecular flexibility index (Phi) is 5.56. The van der Waals surface area contributed by atoms with E-state index in [2.05, 4.69) is 27.4 Å². The van der Waals surface area contributed by atoms with Crippen molar-refractivity contribution in [2.75, 3.05) is 0 Å². The Hall–Kier alpha value is -2.79. The number of carbonyl (C=O) groups is 1. The highest BCUT2D eigenvalue weighted by Gasteiger charge is 2.39. The number of ether oxygens (including phenoxy) is 3. The lowest BCUT2D eigenvalue weighted by molar-refractivity contribution is -0.155. The van der Waals surface area contributed by atoms with E-state index in [1.807, 2.05) is 37.3 Å². The first-order valence-electron chi connectivity index (χ1n) is 10.7. The van der Waals surface area contributed by atoms with Crippen molar-refractivity contribution >= 4 is 11.5 Å². The summed E-state index contributed by atoms with van der Waals surface area (Å²) in [5.41, 5.74) is 5.26. The van der Waals surface area contributed by atoms with Crippen molar-refractivity contribution in [3.05, 3.63) is 64.7 Å². The Bertz CT molecular complexity index is 1020. The molecule has 2 heterocycles. The molecule has 5 nitrogen and oxygen atoms in total. The molecule has 2 aliphatic heterocycles. The summed E-state index contributed by atoms with van der Waals surface area (Å²) in [5.74, 6) is 1.18. The summed E-state index contributed by atoms with van der Waals surface area (Å²) in [6.07, 6.45) is -0.215. The molecule has 2 aromatic rings. The van der Waals surface area contributed by atoms with Gasteiger partial charge in [-0.25, -0.2) is 0 Å². The fourth-order valence-corrected chi connectivity index (χ4v) is 4.57. The second kappa shape index (κ2) is 8.04. The zero-order valence-corrected chi connectivity index (χ0v) is 18.7. The van der Waals surface area contributed by atoms with Crippen LogP contribution in [0.15, 0.2) is 36.9 Å². The summed E-state index contributed by atoms with van der Waals surface area (Å²) in [6, 6.07) is 10.0. The van der Waals surface area contributed by atoms with Gasteiger partial charge in [0, 0.05) is 29.5 Å². The SMILES string of the molecule is C=C(c1c(C)c(OCc2ccccc2)c(C)c2c1OC(C)(C)C2)[C@@H]1C[C@@H](O)CC(=O)O1. The number of carbonyl (C=O) groups excluding carboxylic acids is 1. The van der Waals surface area contributed by atoms with Crippen LogP contribution >= 0.6 is 0 Å². The first kappa shape index (κ1) is 21.4. The highest BCUT2D eigenvalue weighted by molar-refractivity contribution is 5.82. The van der Waals surface area contributed by atoms with Crippen LogP contribution in [-0.2, 0) is 22.6 Å². The van der Waals surface area contributed by atoms with E-state index in [-0.39, 0.29) is 12.0 Å². The topological polar surface area (TPSA) is 65.0 Å². The maximum absolute atomic E-state index is 11.9. The predicted octanol–water partition coefficient (Wildman–Crippen LogP) is 4.68. The molecule has 2 aliphatic rings. The number of aliphatic hydroxyl groups is 1. The first-order chi connectivity index (χ1) is 14.7. The molecular formula is C26H30O5. The molecule has 0 amide bonds. The van der Waals surface area contributed by atoms with Crippen molar-refractivity contribution in [3.8, 4) is 11.5 Å². The molecule has 0 spiro atoms. The normalized spacial score (nSPS) is 21.8. The minimum absolute atomic E-state index is 0.0176. The van der Waals surface area contributed by atoms with Gasteiger partial charge in [0.1, 0.15) is 29.8 Å². The Morgan fingerprint density at radius 2 is 1.94 bits per heavy atom. The van der Waals surface area contributed by atoms with Crippen LogP contribution in [-0.4, -0.2) is 28.9 Å². The third-order valence-corrected chi connectivity index (χ3v) is 6.09. The van der Waals surface area contributed by atoms with Crippen LogP contribution in [0, 0.1) is 13.8 Å². The standard InChI is InChI=1S/C26H30O5/c1-15-20-13-26(4,5)31-25(20)23(16(2)21-11-19(27)12-22(28)30-21)17(3)24(15)29-14-18-9-7-6-8-10-18/h6-10,19,21,27H,2,11-14H2,1,3-5H3/t19-,21+/m1/s1. The molecule has 1 fully saturated rings. The molecule has 1 saturated heterocycles. The van der Waals surface area contributed by atoms with Crippen molar-refractivity contribution in [1.82, 2.24) is 0 Å². The van der Waals surface area contributed by atoms with E-state index in [9.17, 15) is 9.90 Å². The minimum atomic E-state index is -0.729. The van der Waals surface area contributed by atoms with Crippen LogP contribution in [0.25, 0.3) is 5.57 Å². The molecule has 0 saturated carbocycles. The monoisotopic (exact) mass is 422 g/mol. The number of rotatable bonds is 5. The molecule has 2 aromatic carbocycles. The molecule has 1 N–H and O–H groups in total. The number of hydrogen-bond donors (Lipinski definition) is 1. The van der Waals surface area contributed by atoms with E-state index in [0.29, 0.717) is 18.6 Å². The van der Waals surface area contributed by atoms with E-state index in [4.69, 9.17) is 14.2 Å². The lowest BCUT2D eigenvalue weighted by Crippen LogP contribution is -2.33. The van der Waals surface area contributed by atoms with Gasteiger partial charge in [-0.3, -0.25) is 4.79 Å². The van der Waals surface area contributed by atoms with Crippen LogP contribution in [0.4, 0.5) is 0 Å². The van der Waals surface area contributed by atoms with Gasteiger partial charge in [-0.05, 0) is 44.4 Å². The highest BCUT2D eigenvalue weighted by atomic mass is 16.5. The van der Waals surface area contributed by atoms with Gasteiger partial charge in [-0.1, -0.05) is 36.9 Å². The second-order valence-electron chi connectivity index (χ2n) is 9.17. The molecule has 31 heavy (non-hydrogen) atoms. The van der Waals surface area contributed by atoms with Crippen molar-refractivity contribution in [2.45, 2.75) is 71.4 Å². The number of esters is 1. The van der Waals surface area contributed by atoms with E-state index in [1.54, 1.807) is 0 Å². The number of benzene rings is 2. The van der Waals surface area contributed by atoms with Crippen LogP contribution in [0.3, 0.4) is 0 Å². The smallest absolute Gasteiger partial charge is 0.309 e. The summed E-state index contributed by atoms with van der Waals surface area (Å²) >= 11 is 0. The van der Waals surface area contributed by atoms with Crippen LogP contribution in [0.5, 0.6) is 11.5 Å². The zero-order chi connectivity index (χ0) is 22.3. The molecule has 0 aromatic heterocycles. The lowest BCUT2D eigenvalue weighted by atomic mass is 9.87. The quantitative estimate of drug-likeness (QED) is 0.709. The average molecular weight is 423 g/mol. The molecule has 4 rings (SSSR count). The van der Waals surface area contributed by atoms with Crippen LogP contribution < -0.4 is 9.47 Å². The van der Waals surface area contributed by atoms with Crippen molar-refractivity contribution in [2.24, 2.45) is 0 Å². The van der Waals surface area contributed by atoms with Gasteiger partial charge in [0.15, 0.2) is 0 Å². The molecule has 2 atom stereocenters. The summed E-state index contributed by atoms with van der Waals surface area (Å²) in [5, 5.41) is 10.1. The van der Waals surface area contributed by atoms with Crippen molar-refractivity contribution in [3.63, 3.8) is 0 Å². The second-order valence-corrected chi connectivity index (χ2v) is 9.17. The molecule has 0 unspecified atom stereocenters. The Balaban J connectivity index is 1.76. The van der Waals surface area contributed by atoms with Crippen LogP contribution in [0.1, 0.15) is 54.5 Å². The highest BCUT2D eigenvalue weighted by Crippen LogP contribution is 2.49. The van der Waals surface area contributed by atoms with Gasteiger partial charge in [-0.2, -0.15) is 0 Å². The van der Waals surface area contributed by atoms with E-state index in [0.717, 1.165) is 45.7 Å². The summed E-state index contributed by atoms with van der Waals surface area (Å²) in [7, 11) is 0. The summed E-state index contributed by atoms with van der Waals surface area (Å²) < 4.78 is 18.2. The first-order valence-corrected chi connectivity index (χ1v) is 10.7. The van der Waals surface area contributed by atoms with E-state index in [1.165, 1.54) is 0 Å². The summed E-state index contributed by atoms with van der Waals surface area (Å²) in [6.45, 7) is 12.9. The maximum Gasteiger partial charge on any atom is 0.309 e. The third kappa shape index (κ3) is 4.19. The molecular weight excluding hydrogens is 392 g/mol. The largest absolute Gasteiger partial charge is 0.488 e. The number of hydrogen-bond acceptors (Lipinski definition) is 5. The minimum Gasteiger partial charge on any atom is -0.488 e. The van der Waals surface area contributed by atoms with Gasteiger partial charge in [-0.15, -0.1) is 0 Å². The van der Waals surface area contributed by atoms with Gasteiger partial charge in [0.2, 0.25) is 0 Å². The predicted molar refractivity (Wildman–Crippen MR) is 119 cm³/mol. The maximum atomic E-state index is 11.9. The van der Waals surface area contributed by atoms with Gasteiger partial charge >= 0.3 is 5.97 Å². The average Bonchev–Trinajstić information content (AvgIpc) is 3.03. The Morgan fingerprint density at radius 1 is 1.23 bits per heavy atom. The van der Waals surface area contributed by atoms with Gasteiger partial charge < -0.3 is 19.3 Å². The number of aliphatic hydroxyl groups excluding tert-OH is 1. The van der Waals surface area contributed by atoms with Crippen molar-refractivity contribution < 1.29 is 24.1 Å². The molecule has 0 bridgehead atoms. The number of cyclic esters (lactones) is 1. The van der Waals surface area contributed by atoms with Gasteiger partial charge in [0.05, 0.1) is 12.5 Å².